The molecule has 1 aromatic rings. The third kappa shape index (κ3) is 1.95. The molecule has 8 atom stereocenters. The summed E-state index contributed by atoms with van der Waals surface area (Å²) in [6, 6.07) is 8.20. The second-order valence-corrected chi connectivity index (χ2v) is 9.74. The normalized spacial score (nSPS) is 41.6. The first-order valence-corrected chi connectivity index (χ1v) is 11.0. The van der Waals surface area contributed by atoms with Crippen LogP contribution >= 0.6 is 0 Å². The summed E-state index contributed by atoms with van der Waals surface area (Å²) in [6.07, 6.45) is 3.70. The molecule has 6 heteroatoms. The number of carbonyl (C=O) groups excluding carboxylic acids is 4. The molecule has 8 rings (SSSR count). The maximum atomic E-state index is 12.9. The Kier molecular flexibility index (Phi) is 3.19. The highest BCUT2D eigenvalue weighted by Crippen LogP contribution is 2.66. The van der Waals surface area contributed by atoms with Crippen molar-refractivity contribution in [3.8, 4) is 0 Å². The highest BCUT2D eigenvalue weighted by atomic mass is 16.6. The molecule has 5 aliphatic carbocycles. The van der Waals surface area contributed by atoms with Crippen LogP contribution in [-0.4, -0.2) is 23.9 Å². The number of fused-ring (bicyclic) bond motifs is 5. The number of aryl methyl sites for hydroxylation is 1. The molecule has 0 spiro atoms. The van der Waals surface area contributed by atoms with Crippen LogP contribution in [-0.2, 0) is 35.1 Å². The second-order valence-electron chi connectivity index (χ2n) is 9.74. The molecule has 6 nitrogen and oxygen atoms in total. The molecule has 0 aromatic heterocycles. The van der Waals surface area contributed by atoms with Gasteiger partial charge in [-0.05, 0) is 42.4 Å². The molecule has 0 amide bonds. The van der Waals surface area contributed by atoms with Crippen molar-refractivity contribution in [2.24, 2.45) is 47.3 Å². The number of carbonyl (C=O) groups is 4. The number of hydrogen-bond donors (Lipinski definition) is 0. The Hall–Kier alpha value is -3.02. The highest BCUT2D eigenvalue weighted by Gasteiger charge is 2.68. The van der Waals surface area contributed by atoms with Gasteiger partial charge in [-0.2, -0.15) is 0 Å². The monoisotopic (exact) mass is 416 g/mol. The summed E-state index contributed by atoms with van der Waals surface area (Å²) in [5, 5.41) is 0. The molecule has 1 saturated carbocycles. The van der Waals surface area contributed by atoms with Gasteiger partial charge in [-0.15, -0.1) is 0 Å². The first-order valence-electron chi connectivity index (χ1n) is 11.0. The van der Waals surface area contributed by atoms with Crippen molar-refractivity contribution in [2.75, 3.05) is 0 Å². The van der Waals surface area contributed by atoms with Crippen LogP contribution in [0.3, 0.4) is 0 Å². The minimum absolute atomic E-state index is 0.107. The van der Waals surface area contributed by atoms with Crippen molar-refractivity contribution in [1.29, 1.82) is 0 Å². The van der Waals surface area contributed by atoms with E-state index >= 15 is 0 Å². The Morgan fingerprint density at radius 3 is 2.19 bits per heavy atom. The van der Waals surface area contributed by atoms with Crippen LogP contribution in [0.2, 0.25) is 0 Å². The molecule has 2 saturated heterocycles. The molecule has 2 heterocycles. The van der Waals surface area contributed by atoms with E-state index < -0.39 is 47.5 Å². The fourth-order valence-electron chi connectivity index (χ4n) is 7.73. The smallest absolute Gasteiger partial charge is 0.318 e. The number of rotatable bonds is 0. The van der Waals surface area contributed by atoms with Crippen molar-refractivity contribution in [3.05, 3.63) is 52.6 Å². The van der Waals surface area contributed by atoms with Crippen LogP contribution in [0.4, 0.5) is 0 Å². The van der Waals surface area contributed by atoms with Crippen LogP contribution < -0.4 is 0 Å². The number of hydrogen-bond acceptors (Lipinski definition) is 6. The molecule has 1 aromatic carbocycles. The van der Waals surface area contributed by atoms with Gasteiger partial charge in [0, 0.05) is 17.8 Å². The van der Waals surface area contributed by atoms with Gasteiger partial charge >= 0.3 is 23.9 Å². The summed E-state index contributed by atoms with van der Waals surface area (Å²) in [6.45, 7) is 1.96. The van der Waals surface area contributed by atoms with E-state index in [0.29, 0.717) is 0 Å². The lowest BCUT2D eigenvalue weighted by atomic mass is 9.45. The largest absolute Gasteiger partial charge is 0.393 e. The van der Waals surface area contributed by atoms with Gasteiger partial charge in [-0.25, -0.2) is 0 Å². The van der Waals surface area contributed by atoms with Crippen molar-refractivity contribution < 1.29 is 28.7 Å². The summed E-state index contributed by atoms with van der Waals surface area (Å²) in [7, 11) is 0. The summed E-state index contributed by atoms with van der Waals surface area (Å²) in [5.74, 6) is -5.16. The number of allylic oxidation sites excluding steroid dienone is 4. The van der Waals surface area contributed by atoms with Gasteiger partial charge in [0.15, 0.2) is 0 Å². The lowest BCUT2D eigenvalue weighted by Crippen LogP contribution is -2.54. The van der Waals surface area contributed by atoms with Gasteiger partial charge < -0.3 is 9.47 Å². The van der Waals surface area contributed by atoms with E-state index in [9.17, 15) is 19.2 Å². The Morgan fingerprint density at radius 2 is 1.42 bits per heavy atom. The van der Waals surface area contributed by atoms with Crippen LogP contribution in [0.25, 0.3) is 5.57 Å². The fraction of sp³-hybridized carbons (Fsp3) is 0.440. The third-order valence-electron chi connectivity index (χ3n) is 8.65. The van der Waals surface area contributed by atoms with Crippen molar-refractivity contribution >= 4 is 29.5 Å². The molecule has 8 unspecified atom stereocenters. The van der Waals surface area contributed by atoms with Crippen LogP contribution in [0.5, 0.6) is 0 Å². The highest BCUT2D eigenvalue weighted by molar-refractivity contribution is 6.02. The summed E-state index contributed by atoms with van der Waals surface area (Å²) < 4.78 is 10.3. The minimum atomic E-state index is -0.595. The van der Waals surface area contributed by atoms with Crippen molar-refractivity contribution in [2.45, 2.75) is 19.8 Å². The molecular weight excluding hydrogens is 396 g/mol. The van der Waals surface area contributed by atoms with E-state index in [1.165, 1.54) is 5.56 Å². The molecular formula is C25H20O6. The zero-order valence-corrected chi connectivity index (χ0v) is 16.9. The fourth-order valence-corrected chi connectivity index (χ4v) is 7.73. The first kappa shape index (κ1) is 17.6. The Bertz CT molecular complexity index is 1190. The van der Waals surface area contributed by atoms with Gasteiger partial charge in [0.25, 0.3) is 0 Å². The van der Waals surface area contributed by atoms with E-state index in [1.807, 2.05) is 19.1 Å². The second kappa shape index (κ2) is 5.61. The van der Waals surface area contributed by atoms with E-state index in [-0.39, 0.29) is 23.7 Å². The molecule has 156 valence electrons. The van der Waals surface area contributed by atoms with Crippen molar-refractivity contribution in [1.82, 2.24) is 0 Å². The molecule has 2 bridgehead atoms. The lowest BCUT2D eigenvalue weighted by Gasteiger charge is -2.55. The average Bonchev–Trinajstić information content (AvgIpc) is 3.23. The third-order valence-corrected chi connectivity index (χ3v) is 8.65. The van der Waals surface area contributed by atoms with Gasteiger partial charge in [-0.3, -0.25) is 19.2 Å². The van der Waals surface area contributed by atoms with E-state index in [4.69, 9.17) is 9.47 Å². The zero-order valence-electron chi connectivity index (χ0n) is 16.9. The Balaban J connectivity index is 1.56. The summed E-state index contributed by atoms with van der Waals surface area (Å²) in [4.78, 5) is 51.2. The molecule has 2 aliphatic heterocycles. The van der Waals surface area contributed by atoms with Crippen LogP contribution in [0.1, 0.15) is 24.5 Å². The van der Waals surface area contributed by atoms with Gasteiger partial charge in [0.1, 0.15) is 0 Å². The summed E-state index contributed by atoms with van der Waals surface area (Å²) in [5.41, 5.74) is 5.50. The zero-order chi connectivity index (χ0) is 21.2. The SMILES string of the molecule is CC1=CC2C3=C4c5ccccc5CCC4C4C(=O)OC(=O)C4C3C1C1C(=O)OC(=O)C21. The number of esters is 4. The maximum Gasteiger partial charge on any atom is 0.318 e. The Labute approximate surface area is 178 Å². The topological polar surface area (TPSA) is 86.7 Å². The van der Waals surface area contributed by atoms with E-state index in [0.717, 1.165) is 35.1 Å². The van der Waals surface area contributed by atoms with Crippen molar-refractivity contribution in [3.63, 3.8) is 0 Å². The molecule has 7 aliphatic rings. The predicted octanol–water partition coefficient (Wildman–Crippen LogP) is 2.47. The van der Waals surface area contributed by atoms with Gasteiger partial charge in [0.05, 0.1) is 23.7 Å². The number of ether oxygens (including phenoxy) is 2. The predicted molar refractivity (Wildman–Crippen MR) is 106 cm³/mol. The maximum absolute atomic E-state index is 12.9. The number of benzene rings is 1. The standard InChI is InChI=1S/C25H20O6/c1-9-8-13-16-15-11-5-3-2-4-10(11)6-7-12(15)17-21(25(29)30-22(17)26)19(16)14(9)20-18(13)23(27)31-24(20)28/h2-5,8,12-14,17-21H,6-7H2,1H3. The molecule has 0 N–H and O–H groups in total. The molecule has 31 heavy (non-hydrogen) atoms. The van der Waals surface area contributed by atoms with Crippen LogP contribution in [0.15, 0.2) is 41.5 Å². The van der Waals surface area contributed by atoms with Gasteiger partial charge in [0.2, 0.25) is 0 Å². The quantitative estimate of drug-likeness (QED) is 0.367. The molecule has 0 radical (unpaired) electrons. The van der Waals surface area contributed by atoms with Crippen LogP contribution in [0, 0.1) is 47.3 Å². The lowest BCUT2D eigenvalue weighted by molar-refractivity contribution is -0.156. The Morgan fingerprint density at radius 1 is 0.774 bits per heavy atom. The minimum Gasteiger partial charge on any atom is -0.393 e. The summed E-state index contributed by atoms with van der Waals surface area (Å²) >= 11 is 0. The molecule has 3 fully saturated rings. The first-order chi connectivity index (χ1) is 15.0. The van der Waals surface area contributed by atoms with Gasteiger partial charge in [-0.1, -0.05) is 41.5 Å². The van der Waals surface area contributed by atoms with E-state index in [2.05, 4.69) is 18.2 Å². The average molecular weight is 416 g/mol. The number of cyclic esters (lactones) is 4. The van der Waals surface area contributed by atoms with E-state index in [1.54, 1.807) is 0 Å².